The number of halogens is 1. The van der Waals surface area contributed by atoms with Gasteiger partial charge < -0.3 is 20.4 Å². The molecule has 0 aliphatic heterocycles. The number of furan rings is 1. The number of carbonyl (C=O) groups is 3. The van der Waals surface area contributed by atoms with E-state index in [1.165, 1.54) is 36.6 Å². The first-order chi connectivity index (χ1) is 16.0. The molecule has 33 heavy (non-hydrogen) atoms. The van der Waals surface area contributed by atoms with E-state index in [0.717, 1.165) is 0 Å². The van der Waals surface area contributed by atoms with Crippen LogP contribution in [0, 0.1) is 5.82 Å². The lowest BCUT2D eigenvalue weighted by Gasteiger charge is -2.10. The van der Waals surface area contributed by atoms with Gasteiger partial charge in [0, 0.05) is 28.2 Å². The summed E-state index contributed by atoms with van der Waals surface area (Å²) in [6.45, 7) is 0. The van der Waals surface area contributed by atoms with Crippen molar-refractivity contribution in [2.45, 2.75) is 0 Å². The third-order valence-corrected chi connectivity index (χ3v) is 4.61. The fraction of sp³-hybridized carbons (Fsp3) is 0. The van der Waals surface area contributed by atoms with Gasteiger partial charge >= 0.3 is 0 Å². The summed E-state index contributed by atoms with van der Waals surface area (Å²) in [5, 5.41) is 8.13. The van der Waals surface area contributed by atoms with Crippen molar-refractivity contribution < 1.29 is 23.2 Å². The largest absolute Gasteiger partial charge is 0.459 e. The molecule has 0 aliphatic rings. The molecular formula is C25H18FN3O4. The summed E-state index contributed by atoms with van der Waals surface area (Å²) >= 11 is 0. The van der Waals surface area contributed by atoms with Crippen LogP contribution in [0.2, 0.25) is 0 Å². The van der Waals surface area contributed by atoms with Crippen molar-refractivity contribution in [1.29, 1.82) is 0 Å². The van der Waals surface area contributed by atoms with E-state index in [1.54, 1.807) is 54.6 Å². The molecule has 0 unspecified atom stereocenters. The summed E-state index contributed by atoms with van der Waals surface area (Å²) < 4.78 is 18.1. The highest BCUT2D eigenvalue weighted by atomic mass is 19.1. The van der Waals surface area contributed by atoms with E-state index in [4.69, 9.17) is 4.42 Å². The van der Waals surface area contributed by atoms with Crippen LogP contribution < -0.4 is 16.0 Å². The molecule has 3 N–H and O–H groups in total. The van der Waals surface area contributed by atoms with Gasteiger partial charge in [0.1, 0.15) is 5.82 Å². The zero-order valence-electron chi connectivity index (χ0n) is 17.2. The monoisotopic (exact) mass is 443 g/mol. The van der Waals surface area contributed by atoms with Crippen molar-refractivity contribution >= 4 is 34.8 Å². The molecule has 1 aromatic heterocycles. The van der Waals surface area contributed by atoms with Crippen LogP contribution in [0.5, 0.6) is 0 Å². The Hall–Kier alpha value is -4.72. The summed E-state index contributed by atoms with van der Waals surface area (Å²) in [6.07, 6.45) is 1.40. The highest BCUT2D eigenvalue weighted by Gasteiger charge is 2.12. The molecule has 3 aromatic carbocycles. The Kier molecular flexibility index (Phi) is 6.26. The molecule has 1 heterocycles. The second-order valence-electron chi connectivity index (χ2n) is 7.01. The summed E-state index contributed by atoms with van der Waals surface area (Å²) in [7, 11) is 0. The minimum Gasteiger partial charge on any atom is -0.459 e. The Morgan fingerprint density at radius 1 is 0.606 bits per heavy atom. The molecule has 164 valence electrons. The van der Waals surface area contributed by atoms with Crippen LogP contribution in [0.3, 0.4) is 0 Å². The van der Waals surface area contributed by atoms with Crippen LogP contribution in [0.25, 0.3) is 0 Å². The van der Waals surface area contributed by atoms with Crippen molar-refractivity contribution in [3.8, 4) is 0 Å². The molecule has 4 aromatic rings. The van der Waals surface area contributed by atoms with Crippen molar-refractivity contribution in [3.63, 3.8) is 0 Å². The lowest BCUT2D eigenvalue weighted by atomic mass is 10.1. The number of carbonyl (C=O) groups excluding carboxylic acids is 3. The van der Waals surface area contributed by atoms with Gasteiger partial charge in [0.05, 0.1) is 6.26 Å². The third kappa shape index (κ3) is 5.50. The summed E-state index contributed by atoms with van der Waals surface area (Å²) in [5.41, 5.74) is 1.97. The average molecular weight is 443 g/mol. The normalized spacial score (nSPS) is 10.3. The predicted molar refractivity (Wildman–Crippen MR) is 122 cm³/mol. The minimum absolute atomic E-state index is 0.170. The number of amides is 3. The molecule has 0 saturated heterocycles. The highest BCUT2D eigenvalue weighted by molar-refractivity contribution is 6.08. The molecule has 3 amide bonds. The zero-order valence-corrected chi connectivity index (χ0v) is 17.2. The van der Waals surface area contributed by atoms with Crippen LogP contribution in [0.1, 0.15) is 31.3 Å². The number of nitrogens with one attached hydrogen (secondary N) is 3. The van der Waals surface area contributed by atoms with Crippen molar-refractivity contribution in [3.05, 3.63) is 114 Å². The number of rotatable bonds is 6. The Morgan fingerprint density at radius 2 is 1.18 bits per heavy atom. The van der Waals surface area contributed by atoms with Gasteiger partial charge in [-0.15, -0.1) is 0 Å². The molecule has 0 spiro atoms. The molecule has 0 atom stereocenters. The smallest absolute Gasteiger partial charge is 0.291 e. The second-order valence-corrected chi connectivity index (χ2v) is 7.01. The third-order valence-electron chi connectivity index (χ3n) is 4.61. The van der Waals surface area contributed by atoms with E-state index < -0.39 is 23.5 Å². The standard InChI is InChI=1S/C25H18FN3O4/c26-18-11-9-16(10-12-18)23(30)27-19-5-1-4-17(14-19)24(31)28-20-6-2-7-21(15-20)29-25(32)22-8-3-13-33-22/h1-15H,(H,27,30)(H,28,31)(H,29,32). The van der Waals surface area contributed by atoms with Gasteiger partial charge in [0.25, 0.3) is 17.7 Å². The molecule has 0 radical (unpaired) electrons. The van der Waals surface area contributed by atoms with E-state index in [-0.39, 0.29) is 5.76 Å². The lowest BCUT2D eigenvalue weighted by Crippen LogP contribution is -2.15. The summed E-state index contributed by atoms with van der Waals surface area (Å²) in [4.78, 5) is 37.2. The van der Waals surface area contributed by atoms with Crippen molar-refractivity contribution in [2.75, 3.05) is 16.0 Å². The fourth-order valence-electron chi connectivity index (χ4n) is 3.02. The second kappa shape index (κ2) is 9.61. The molecular weight excluding hydrogens is 425 g/mol. The Bertz CT molecular complexity index is 1300. The minimum atomic E-state index is -0.435. The Labute approximate surface area is 188 Å². The molecule has 8 heteroatoms. The maximum absolute atomic E-state index is 13.0. The van der Waals surface area contributed by atoms with Gasteiger partial charge in [-0.3, -0.25) is 14.4 Å². The average Bonchev–Trinajstić information content (AvgIpc) is 3.35. The van der Waals surface area contributed by atoms with E-state index in [2.05, 4.69) is 16.0 Å². The topological polar surface area (TPSA) is 100 Å². The first-order valence-corrected chi connectivity index (χ1v) is 9.91. The molecule has 4 rings (SSSR count). The summed E-state index contributed by atoms with van der Waals surface area (Å²) in [6, 6.07) is 21.4. The molecule has 0 aliphatic carbocycles. The van der Waals surface area contributed by atoms with Gasteiger partial charge in [0.15, 0.2) is 5.76 Å². The van der Waals surface area contributed by atoms with Crippen LogP contribution in [-0.4, -0.2) is 17.7 Å². The van der Waals surface area contributed by atoms with Gasteiger partial charge in [-0.1, -0.05) is 12.1 Å². The van der Waals surface area contributed by atoms with Crippen LogP contribution in [0.15, 0.2) is 95.6 Å². The summed E-state index contributed by atoms with van der Waals surface area (Å²) in [5.74, 6) is -1.50. The van der Waals surface area contributed by atoms with Crippen molar-refractivity contribution in [2.24, 2.45) is 0 Å². The quantitative estimate of drug-likeness (QED) is 0.382. The number of anilines is 3. The Morgan fingerprint density at radius 3 is 1.82 bits per heavy atom. The van der Waals surface area contributed by atoms with Crippen LogP contribution in [0.4, 0.5) is 21.5 Å². The van der Waals surface area contributed by atoms with Gasteiger partial charge in [0.2, 0.25) is 0 Å². The van der Waals surface area contributed by atoms with Gasteiger partial charge in [-0.2, -0.15) is 0 Å². The zero-order chi connectivity index (χ0) is 23.2. The maximum Gasteiger partial charge on any atom is 0.291 e. The highest BCUT2D eigenvalue weighted by Crippen LogP contribution is 2.19. The number of benzene rings is 3. The SMILES string of the molecule is O=C(Nc1cccc(C(=O)Nc2cccc(NC(=O)c3ccco3)c2)c1)c1ccc(F)cc1. The first kappa shape index (κ1) is 21.5. The molecule has 0 saturated carbocycles. The fourth-order valence-corrected chi connectivity index (χ4v) is 3.02. The van der Waals surface area contributed by atoms with E-state index >= 15 is 0 Å². The number of hydrogen-bond acceptors (Lipinski definition) is 4. The van der Waals surface area contributed by atoms with E-state index in [9.17, 15) is 18.8 Å². The van der Waals surface area contributed by atoms with Gasteiger partial charge in [-0.05, 0) is 72.8 Å². The molecule has 0 bridgehead atoms. The lowest BCUT2D eigenvalue weighted by molar-refractivity contribution is 0.0994. The molecule has 0 fully saturated rings. The van der Waals surface area contributed by atoms with Crippen molar-refractivity contribution in [1.82, 2.24) is 0 Å². The van der Waals surface area contributed by atoms with Crippen LogP contribution >= 0.6 is 0 Å². The van der Waals surface area contributed by atoms with E-state index in [1.807, 2.05) is 0 Å². The van der Waals surface area contributed by atoms with E-state index in [0.29, 0.717) is 28.2 Å². The van der Waals surface area contributed by atoms with Gasteiger partial charge in [-0.25, -0.2) is 4.39 Å². The maximum atomic E-state index is 13.0. The first-order valence-electron chi connectivity index (χ1n) is 9.91. The number of hydrogen-bond donors (Lipinski definition) is 3. The Balaban J connectivity index is 1.42. The predicted octanol–water partition coefficient (Wildman–Crippen LogP) is 5.18. The van der Waals surface area contributed by atoms with Crippen LogP contribution in [-0.2, 0) is 0 Å². The molecule has 7 nitrogen and oxygen atoms in total.